The maximum absolute atomic E-state index is 3.36. The van der Waals surface area contributed by atoms with E-state index >= 15 is 0 Å². The Labute approximate surface area is 79.5 Å². The van der Waals surface area contributed by atoms with Crippen LogP contribution < -0.4 is 5.32 Å². The smallest absolute Gasteiger partial charge is 0.0141 e. The van der Waals surface area contributed by atoms with Crippen LogP contribution in [0.3, 0.4) is 0 Å². The van der Waals surface area contributed by atoms with E-state index in [-0.39, 0.29) is 0 Å². The van der Waals surface area contributed by atoms with Crippen molar-refractivity contribution in [3.05, 3.63) is 42.0 Å². The van der Waals surface area contributed by atoms with Gasteiger partial charge in [0, 0.05) is 13.1 Å². The first-order valence-corrected chi connectivity index (χ1v) is 4.84. The zero-order valence-electron chi connectivity index (χ0n) is 7.96. The summed E-state index contributed by atoms with van der Waals surface area (Å²) in [6, 6.07) is 10.6. The molecule has 1 aromatic rings. The first-order chi connectivity index (χ1) is 6.38. The fraction of sp³-hybridized carbons (Fsp3) is 0.333. The van der Waals surface area contributed by atoms with Crippen LogP contribution in [0.1, 0.15) is 12.5 Å². The van der Waals surface area contributed by atoms with E-state index in [2.05, 4.69) is 48.6 Å². The number of benzene rings is 1. The Balaban J connectivity index is 2.30. The van der Waals surface area contributed by atoms with E-state index < -0.39 is 0 Å². The molecular formula is C12H15N. The van der Waals surface area contributed by atoms with Crippen molar-refractivity contribution in [1.29, 1.82) is 0 Å². The maximum Gasteiger partial charge on any atom is 0.0141 e. The summed E-state index contributed by atoms with van der Waals surface area (Å²) in [4.78, 5) is 0. The van der Waals surface area contributed by atoms with Crippen LogP contribution in [0.5, 0.6) is 0 Å². The van der Waals surface area contributed by atoms with Gasteiger partial charge in [0.15, 0.2) is 0 Å². The second-order valence-corrected chi connectivity index (χ2v) is 3.58. The Morgan fingerprint density at radius 3 is 2.69 bits per heavy atom. The minimum atomic E-state index is 0.635. The first kappa shape index (κ1) is 8.52. The van der Waals surface area contributed by atoms with Crippen LogP contribution in [-0.4, -0.2) is 13.1 Å². The van der Waals surface area contributed by atoms with Crippen LogP contribution in [0.25, 0.3) is 5.57 Å². The van der Waals surface area contributed by atoms with Crippen LogP contribution >= 0.6 is 0 Å². The monoisotopic (exact) mass is 173 g/mol. The lowest BCUT2D eigenvalue weighted by molar-refractivity contribution is 0.615. The molecule has 1 aromatic carbocycles. The molecule has 1 heteroatoms. The summed E-state index contributed by atoms with van der Waals surface area (Å²) in [6.45, 7) is 4.38. The van der Waals surface area contributed by atoms with Gasteiger partial charge < -0.3 is 5.32 Å². The summed E-state index contributed by atoms with van der Waals surface area (Å²) in [5.74, 6) is 0.635. The van der Waals surface area contributed by atoms with Crippen molar-refractivity contribution in [2.75, 3.05) is 13.1 Å². The van der Waals surface area contributed by atoms with Crippen LogP contribution in [0.15, 0.2) is 36.4 Å². The van der Waals surface area contributed by atoms with Crippen LogP contribution in [0.4, 0.5) is 0 Å². The molecule has 0 aliphatic carbocycles. The maximum atomic E-state index is 3.36. The van der Waals surface area contributed by atoms with E-state index in [0.717, 1.165) is 13.1 Å². The van der Waals surface area contributed by atoms with Gasteiger partial charge in [-0.05, 0) is 17.1 Å². The zero-order valence-corrected chi connectivity index (χ0v) is 7.96. The van der Waals surface area contributed by atoms with Crippen LogP contribution in [0, 0.1) is 5.92 Å². The second kappa shape index (κ2) is 3.75. The highest BCUT2D eigenvalue weighted by atomic mass is 14.9. The largest absolute Gasteiger partial charge is 0.313 e. The van der Waals surface area contributed by atoms with Gasteiger partial charge in [0.2, 0.25) is 0 Å². The molecule has 1 heterocycles. The Morgan fingerprint density at radius 2 is 2.00 bits per heavy atom. The van der Waals surface area contributed by atoms with Crippen molar-refractivity contribution < 1.29 is 0 Å². The lowest BCUT2D eigenvalue weighted by Crippen LogP contribution is -2.26. The molecule has 0 fully saturated rings. The highest BCUT2D eigenvalue weighted by molar-refractivity contribution is 5.68. The Hall–Kier alpha value is -1.08. The molecule has 0 saturated heterocycles. The molecule has 68 valence electrons. The van der Waals surface area contributed by atoms with E-state index in [0.29, 0.717) is 5.92 Å². The molecule has 1 nitrogen and oxygen atoms in total. The average Bonchev–Trinajstić information content (AvgIpc) is 2.20. The third-order valence-corrected chi connectivity index (χ3v) is 2.55. The van der Waals surface area contributed by atoms with Gasteiger partial charge in [0.1, 0.15) is 0 Å². The van der Waals surface area contributed by atoms with Gasteiger partial charge in [0.05, 0.1) is 0 Å². The fourth-order valence-electron chi connectivity index (χ4n) is 1.83. The van der Waals surface area contributed by atoms with Gasteiger partial charge >= 0.3 is 0 Å². The molecule has 2 rings (SSSR count). The van der Waals surface area contributed by atoms with Crippen molar-refractivity contribution in [3.8, 4) is 0 Å². The highest BCUT2D eigenvalue weighted by Crippen LogP contribution is 2.24. The molecule has 0 saturated carbocycles. The van der Waals surface area contributed by atoms with Gasteiger partial charge in [-0.15, -0.1) is 0 Å². The molecule has 0 amide bonds. The van der Waals surface area contributed by atoms with E-state index in [1.807, 2.05) is 0 Å². The van der Waals surface area contributed by atoms with E-state index in [9.17, 15) is 0 Å². The lowest BCUT2D eigenvalue weighted by atomic mass is 9.91. The number of hydrogen-bond donors (Lipinski definition) is 1. The summed E-state index contributed by atoms with van der Waals surface area (Å²) in [7, 11) is 0. The Morgan fingerprint density at radius 1 is 1.23 bits per heavy atom. The van der Waals surface area contributed by atoms with Gasteiger partial charge in [-0.25, -0.2) is 0 Å². The van der Waals surface area contributed by atoms with E-state index in [4.69, 9.17) is 0 Å². The van der Waals surface area contributed by atoms with Gasteiger partial charge in [-0.3, -0.25) is 0 Å². The van der Waals surface area contributed by atoms with Crippen molar-refractivity contribution in [2.24, 2.45) is 5.92 Å². The predicted octanol–water partition coefficient (Wildman–Crippen LogP) is 2.31. The van der Waals surface area contributed by atoms with Crippen molar-refractivity contribution >= 4 is 5.57 Å². The standard InChI is InChI=1S/C12H15N/c1-10-9-13-8-7-12(10)11-5-3-2-4-6-11/h2-7,10,13H,8-9H2,1H3/t10-/m1/s1. The van der Waals surface area contributed by atoms with Gasteiger partial charge in [-0.2, -0.15) is 0 Å². The zero-order chi connectivity index (χ0) is 9.10. The van der Waals surface area contributed by atoms with E-state index in [1.54, 1.807) is 0 Å². The minimum Gasteiger partial charge on any atom is -0.313 e. The van der Waals surface area contributed by atoms with Crippen molar-refractivity contribution in [1.82, 2.24) is 5.32 Å². The molecule has 0 spiro atoms. The molecule has 1 atom stereocenters. The number of rotatable bonds is 1. The Kier molecular flexibility index (Phi) is 2.46. The van der Waals surface area contributed by atoms with Crippen molar-refractivity contribution in [3.63, 3.8) is 0 Å². The summed E-state index contributed by atoms with van der Waals surface area (Å²) < 4.78 is 0. The molecule has 0 bridgehead atoms. The number of nitrogens with one attached hydrogen (secondary N) is 1. The van der Waals surface area contributed by atoms with E-state index in [1.165, 1.54) is 11.1 Å². The quantitative estimate of drug-likeness (QED) is 0.687. The van der Waals surface area contributed by atoms with Gasteiger partial charge in [0.25, 0.3) is 0 Å². The SMILES string of the molecule is C[C@@H]1CNCC=C1c1ccccc1. The summed E-state index contributed by atoms with van der Waals surface area (Å²) >= 11 is 0. The normalized spacial score (nSPS) is 22.5. The second-order valence-electron chi connectivity index (χ2n) is 3.58. The molecule has 1 aliphatic heterocycles. The average molecular weight is 173 g/mol. The summed E-state index contributed by atoms with van der Waals surface area (Å²) in [5.41, 5.74) is 2.86. The van der Waals surface area contributed by atoms with Crippen LogP contribution in [-0.2, 0) is 0 Å². The van der Waals surface area contributed by atoms with Crippen molar-refractivity contribution in [2.45, 2.75) is 6.92 Å². The van der Waals surface area contributed by atoms with Gasteiger partial charge in [-0.1, -0.05) is 43.3 Å². The molecule has 1 aliphatic rings. The Bertz CT molecular complexity index is 300. The molecule has 0 unspecified atom stereocenters. The summed E-state index contributed by atoms with van der Waals surface area (Å²) in [5, 5.41) is 3.36. The minimum absolute atomic E-state index is 0.635. The topological polar surface area (TPSA) is 12.0 Å². The van der Waals surface area contributed by atoms with Crippen LogP contribution in [0.2, 0.25) is 0 Å². The predicted molar refractivity (Wildman–Crippen MR) is 56.5 cm³/mol. The third-order valence-electron chi connectivity index (χ3n) is 2.55. The lowest BCUT2D eigenvalue weighted by Gasteiger charge is -2.21. The molecule has 0 radical (unpaired) electrons. The third kappa shape index (κ3) is 1.81. The molecular weight excluding hydrogens is 158 g/mol. The number of hydrogen-bond acceptors (Lipinski definition) is 1. The fourth-order valence-corrected chi connectivity index (χ4v) is 1.83. The highest BCUT2D eigenvalue weighted by Gasteiger charge is 2.13. The molecule has 13 heavy (non-hydrogen) atoms. The first-order valence-electron chi connectivity index (χ1n) is 4.84. The molecule has 1 N–H and O–H groups in total. The summed E-state index contributed by atoms with van der Waals surface area (Å²) in [6.07, 6.45) is 2.30. The molecule has 0 aromatic heterocycles.